The van der Waals surface area contributed by atoms with Gasteiger partial charge in [0, 0.05) is 23.5 Å². The number of aromatic nitrogens is 3. The summed E-state index contributed by atoms with van der Waals surface area (Å²) in [6.07, 6.45) is 6.79. The number of fused-ring (bicyclic) bond motifs is 1. The Morgan fingerprint density at radius 3 is 2.59 bits per heavy atom. The standard InChI is InChI=1S/C19H12Br2N4O2/c20-13-6-12(18(26)17(21)19(13)27)7-22-15-10-25-9-14(24-16(25)8-23-15)11-4-2-1-3-5-11/h1-10,26-27H/b22-7+. The van der Waals surface area contributed by atoms with Gasteiger partial charge in [-0.3, -0.25) is 0 Å². The monoisotopic (exact) mass is 486 g/mol. The van der Waals surface area contributed by atoms with Gasteiger partial charge in [0.1, 0.15) is 16.0 Å². The molecule has 0 aliphatic rings. The van der Waals surface area contributed by atoms with Crippen LogP contribution in [0.15, 0.2) is 68.9 Å². The second-order valence-electron chi connectivity index (χ2n) is 5.72. The van der Waals surface area contributed by atoms with Gasteiger partial charge >= 0.3 is 0 Å². The molecule has 0 spiro atoms. The van der Waals surface area contributed by atoms with Crippen molar-refractivity contribution in [2.45, 2.75) is 0 Å². The fraction of sp³-hybridized carbons (Fsp3) is 0. The molecule has 0 aliphatic heterocycles. The number of phenolic OH excluding ortho intramolecular Hbond substituents is 2. The highest BCUT2D eigenvalue weighted by Crippen LogP contribution is 2.40. The summed E-state index contributed by atoms with van der Waals surface area (Å²) < 4.78 is 2.49. The van der Waals surface area contributed by atoms with E-state index >= 15 is 0 Å². The molecule has 4 rings (SSSR count). The first-order valence-corrected chi connectivity index (χ1v) is 9.45. The molecule has 0 fully saturated rings. The van der Waals surface area contributed by atoms with Crippen molar-refractivity contribution in [1.82, 2.24) is 14.4 Å². The highest BCUT2D eigenvalue weighted by atomic mass is 79.9. The summed E-state index contributed by atoms with van der Waals surface area (Å²) in [6.45, 7) is 0. The maximum absolute atomic E-state index is 10.1. The maximum atomic E-state index is 10.1. The molecule has 0 bridgehead atoms. The fourth-order valence-corrected chi connectivity index (χ4v) is 3.71. The Morgan fingerprint density at radius 1 is 1.04 bits per heavy atom. The highest BCUT2D eigenvalue weighted by Gasteiger charge is 2.13. The van der Waals surface area contributed by atoms with Gasteiger partial charge < -0.3 is 14.6 Å². The third kappa shape index (κ3) is 3.45. The van der Waals surface area contributed by atoms with E-state index in [-0.39, 0.29) is 16.0 Å². The van der Waals surface area contributed by atoms with Crippen LogP contribution in [0.25, 0.3) is 16.9 Å². The normalized spacial score (nSPS) is 11.5. The lowest BCUT2D eigenvalue weighted by Crippen LogP contribution is -1.88. The van der Waals surface area contributed by atoms with Crippen LogP contribution >= 0.6 is 31.9 Å². The molecule has 4 aromatic rings. The average molecular weight is 488 g/mol. The van der Waals surface area contributed by atoms with Crippen LogP contribution in [0, 0.1) is 0 Å². The Bertz CT molecular complexity index is 1170. The number of rotatable bonds is 3. The van der Waals surface area contributed by atoms with Crippen LogP contribution in [0.1, 0.15) is 5.56 Å². The van der Waals surface area contributed by atoms with Crippen LogP contribution in [0.4, 0.5) is 5.82 Å². The summed E-state index contributed by atoms with van der Waals surface area (Å²) in [5, 5.41) is 19.9. The van der Waals surface area contributed by atoms with Gasteiger partial charge in [0.25, 0.3) is 0 Å². The van der Waals surface area contributed by atoms with Gasteiger partial charge in [0.15, 0.2) is 11.5 Å². The van der Waals surface area contributed by atoms with Gasteiger partial charge in [-0.1, -0.05) is 30.3 Å². The van der Waals surface area contributed by atoms with E-state index in [2.05, 4.69) is 46.8 Å². The highest BCUT2D eigenvalue weighted by molar-refractivity contribution is 9.11. The Kier molecular flexibility index (Phi) is 4.67. The molecule has 134 valence electrons. The summed E-state index contributed by atoms with van der Waals surface area (Å²) in [7, 11) is 0. The van der Waals surface area contributed by atoms with E-state index in [1.54, 1.807) is 18.5 Å². The SMILES string of the molecule is Oc1c(Br)cc(/C=N/c2cn3cc(-c4ccccc4)nc3cn2)c(O)c1Br. The molecule has 0 unspecified atom stereocenters. The summed E-state index contributed by atoms with van der Waals surface area (Å²) >= 11 is 6.38. The van der Waals surface area contributed by atoms with Gasteiger partial charge in [-0.15, -0.1) is 0 Å². The van der Waals surface area contributed by atoms with Crippen molar-refractivity contribution in [2.75, 3.05) is 0 Å². The molecule has 6 nitrogen and oxygen atoms in total. The molecule has 27 heavy (non-hydrogen) atoms. The first-order chi connectivity index (χ1) is 13.0. The molecule has 0 aliphatic carbocycles. The molecular formula is C19H12Br2N4O2. The molecule has 2 aromatic carbocycles. The molecule has 0 saturated carbocycles. The third-order valence-corrected chi connectivity index (χ3v) is 5.29. The minimum Gasteiger partial charge on any atom is -0.506 e. The summed E-state index contributed by atoms with van der Waals surface area (Å²) in [6, 6.07) is 11.5. The minimum atomic E-state index is -0.102. The number of benzene rings is 2. The summed E-state index contributed by atoms with van der Waals surface area (Å²) in [4.78, 5) is 13.2. The van der Waals surface area contributed by atoms with Crippen LogP contribution in [-0.4, -0.2) is 30.8 Å². The van der Waals surface area contributed by atoms with Crippen molar-refractivity contribution in [2.24, 2.45) is 4.99 Å². The van der Waals surface area contributed by atoms with Gasteiger partial charge in [0.2, 0.25) is 0 Å². The van der Waals surface area contributed by atoms with E-state index in [1.165, 1.54) is 6.21 Å². The van der Waals surface area contributed by atoms with Crippen molar-refractivity contribution < 1.29 is 10.2 Å². The topological polar surface area (TPSA) is 83.0 Å². The van der Waals surface area contributed by atoms with E-state index in [0.29, 0.717) is 21.5 Å². The zero-order chi connectivity index (χ0) is 19.0. The van der Waals surface area contributed by atoms with Gasteiger partial charge in [0.05, 0.1) is 22.6 Å². The van der Waals surface area contributed by atoms with Crippen LogP contribution in [0.5, 0.6) is 11.5 Å². The Morgan fingerprint density at radius 2 is 1.81 bits per heavy atom. The number of imidazole rings is 1. The van der Waals surface area contributed by atoms with Crippen molar-refractivity contribution in [3.05, 3.63) is 69.5 Å². The number of halogens is 2. The number of aromatic hydroxyl groups is 2. The van der Waals surface area contributed by atoms with E-state index < -0.39 is 0 Å². The predicted octanol–water partition coefficient (Wildman–Crippen LogP) is 5.08. The minimum absolute atomic E-state index is 0.0731. The van der Waals surface area contributed by atoms with Crippen LogP contribution in [-0.2, 0) is 0 Å². The van der Waals surface area contributed by atoms with Gasteiger partial charge in [-0.25, -0.2) is 15.0 Å². The van der Waals surface area contributed by atoms with Crippen molar-refractivity contribution in [3.63, 3.8) is 0 Å². The molecule has 2 aromatic heterocycles. The maximum Gasteiger partial charge on any atom is 0.168 e. The quantitative estimate of drug-likeness (QED) is 0.394. The summed E-state index contributed by atoms with van der Waals surface area (Å²) in [5.74, 6) is 0.282. The lowest BCUT2D eigenvalue weighted by atomic mass is 10.2. The molecule has 0 atom stereocenters. The van der Waals surface area contributed by atoms with Crippen molar-refractivity contribution in [1.29, 1.82) is 0 Å². The number of hydrogen-bond acceptors (Lipinski definition) is 5. The number of nitrogens with zero attached hydrogens (tertiary/aromatic N) is 4. The largest absolute Gasteiger partial charge is 0.506 e. The molecule has 2 heterocycles. The number of phenols is 2. The third-order valence-electron chi connectivity index (χ3n) is 3.93. The van der Waals surface area contributed by atoms with E-state index in [1.807, 2.05) is 40.9 Å². The Hall–Kier alpha value is -2.71. The first-order valence-electron chi connectivity index (χ1n) is 7.87. The molecule has 2 N–H and O–H groups in total. The van der Waals surface area contributed by atoms with Crippen molar-refractivity contribution in [3.8, 4) is 22.8 Å². The Labute approximate surface area is 171 Å². The van der Waals surface area contributed by atoms with Crippen LogP contribution < -0.4 is 0 Å². The lowest BCUT2D eigenvalue weighted by molar-refractivity contribution is 0.442. The molecule has 0 saturated heterocycles. The lowest BCUT2D eigenvalue weighted by Gasteiger charge is -2.06. The molecule has 8 heteroatoms. The number of aliphatic imine (C=N–C) groups is 1. The second-order valence-corrected chi connectivity index (χ2v) is 7.37. The molecule has 0 radical (unpaired) electrons. The zero-order valence-electron chi connectivity index (χ0n) is 13.7. The van der Waals surface area contributed by atoms with E-state index in [4.69, 9.17) is 0 Å². The second kappa shape index (κ2) is 7.13. The Balaban J connectivity index is 1.68. The average Bonchev–Trinajstić information content (AvgIpc) is 3.12. The summed E-state index contributed by atoms with van der Waals surface area (Å²) in [5.41, 5.74) is 3.02. The number of hydrogen-bond donors (Lipinski definition) is 2. The zero-order valence-corrected chi connectivity index (χ0v) is 16.9. The van der Waals surface area contributed by atoms with Gasteiger partial charge in [-0.2, -0.15) is 0 Å². The first kappa shape index (κ1) is 17.7. The van der Waals surface area contributed by atoms with Gasteiger partial charge in [-0.05, 0) is 37.9 Å². The smallest absolute Gasteiger partial charge is 0.168 e. The van der Waals surface area contributed by atoms with E-state index in [0.717, 1.165) is 11.3 Å². The van der Waals surface area contributed by atoms with Crippen LogP contribution in [0.3, 0.4) is 0 Å². The van der Waals surface area contributed by atoms with Crippen LogP contribution in [0.2, 0.25) is 0 Å². The molecular weight excluding hydrogens is 476 g/mol. The van der Waals surface area contributed by atoms with Crippen molar-refractivity contribution >= 4 is 49.5 Å². The fourth-order valence-electron chi connectivity index (χ4n) is 2.55. The predicted molar refractivity (Wildman–Crippen MR) is 111 cm³/mol. The van der Waals surface area contributed by atoms with E-state index in [9.17, 15) is 10.2 Å². The molecule has 0 amide bonds.